The second-order valence-electron chi connectivity index (χ2n) is 3.99. The molecule has 0 aliphatic rings. The number of pyridine rings is 1. The highest BCUT2D eigenvalue weighted by atomic mass is 15.2. The summed E-state index contributed by atoms with van der Waals surface area (Å²) >= 11 is 0. The number of likely N-dealkylation sites (N-methyl/N-ethyl adjacent to an activating group) is 1. The van der Waals surface area contributed by atoms with Crippen LogP contribution in [0.3, 0.4) is 0 Å². The molecule has 1 heterocycles. The predicted molar refractivity (Wildman–Crippen MR) is 69.7 cm³/mol. The van der Waals surface area contributed by atoms with E-state index in [0.717, 1.165) is 31.0 Å². The number of nitrogens with one attached hydrogen (secondary N) is 1. The highest BCUT2D eigenvalue weighted by Crippen LogP contribution is 2.17. The standard InChI is InChI=1S/C13H21N3/c1-5-16(10-11(2)3)13-12(9-14-4)7-6-8-15-13/h6-8,14H,2,5,9-10H2,1,3-4H3. The highest BCUT2D eigenvalue weighted by Gasteiger charge is 2.10. The summed E-state index contributed by atoms with van der Waals surface area (Å²) in [5.74, 6) is 1.06. The van der Waals surface area contributed by atoms with E-state index in [2.05, 4.69) is 34.8 Å². The lowest BCUT2D eigenvalue weighted by Gasteiger charge is -2.24. The van der Waals surface area contributed by atoms with Gasteiger partial charge in [-0.2, -0.15) is 0 Å². The Kier molecular flexibility index (Phi) is 4.99. The first-order valence-electron chi connectivity index (χ1n) is 5.66. The normalized spacial score (nSPS) is 10.2. The molecule has 0 saturated carbocycles. The van der Waals surface area contributed by atoms with Gasteiger partial charge < -0.3 is 10.2 Å². The van der Waals surface area contributed by atoms with Crippen LogP contribution < -0.4 is 10.2 Å². The first-order valence-corrected chi connectivity index (χ1v) is 5.66. The summed E-state index contributed by atoms with van der Waals surface area (Å²) in [5, 5.41) is 3.17. The van der Waals surface area contributed by atoms with E-state index in [-0.39, 0.29) is 0 Å². The summed E-state index contributed by atoms with van der Waals surface area (Å²) in [6.45, 7) is 10.8. The molecule has 0 saturated heterocycles. The van der Waals surface area contributed by atoms with Gasteiger partial charge in [0.15, 0.2) is 0 Å². The smallest absolute Gasteiger partial charge is 0.133 e. The van der Waals surface area contributed by atoms with E-state index in [0.29, 0.717) is 0 Å². The van der Waals surface area contributed by atoms with Crippen molar-refractivity contribution in [3.8, 4) is 0 Å². The topological polar surface area (TPSA) is 28.2 Å². The highest BCUT2D eigenvalue weighted by molar-refractivity contribution is 5.47. The summed E-state index contributed by atoms with van der Waals surface area (Å²) in [5.41, 5.74) is 2.39. The van der Waals surface area contributed by atoms with E-state index in [4.69, 9.17) is 0 Å². The number of aromatic nitrogens is 1. The Balaban J connectivity index is 2.94. The van der Waals surface area contributed by atoms with Crippen LogP contribution in [0, 0.1) is 0 Å². The van der Waals surface area contributed by atoms with Crippen molar-refractivity contribution < 1.29 is 0 Å². The van der Waals surface area contributed by atoms with Crippen LogP contribution in [0.5, 0.6) is 0 Å². The summed E-state index contributed by atoms with van der Waals surface area (Å²) in [4.78, 5) is 6.71. The second kappa shape index (κ2) is 6.28. The summed E-state index contributed by atoms with van der Waals surface area (Å²) in [6.07, 6.45) is 1.84. The van der Waals surface area contributed by atoms with Crippen molar-refractivity contribution in [1.29, 1.82) is 0 Å². The Bertz CT molecular complexity index is 347. The summed E-state index contributed by atoms with van der Waals surface area (Å²) < 4.78 is 0. The van der Waals surface area contributed by atoms with Gasteiger partial charge in [0.1, 0.15) is 5.82 Å². The van der Waals surface area contributed by atoms with E-state index in [9.17, 15) is 0 Å². The molecule has 3 heteroatoms. The zero-order valence-electron chi connectivity index (χ0n) is 10.5. The van der Waals surface area contributed by atoms with Gasteiger partial charge >= 0.3 is 0 Å². The first kappa shape index (κ1) is 12.7. The van der Waals surface area contributed by atoms with Gasteiger partial charge in [0.05, 0.1) is 0 Å². The zero-order valence-corrected chi connectivity index (χ0v) is 10.5. The van der Waals surface area contributed by atoms with Crippen molar-refractivity contribution in [3.05, 3.63) is 36.0 Å². The maximum Gasteiger partial charge on any atom is 0.133 e. The van der Waals surface area contributed by atoms with Crippen molar-refractivity contribution in [2.45, 2.75) is 20.4 Å². The van der Waals surface area contributed by atoms with Gasteiger partial charge in [-0.3, -0.25) is 0 Å². The molecule has 1 N–H and O–H groups in total. The van der Waals surface area contributed by atoms with Crippen LogP contribution in [0.4, 0.5) is 5.82 Å². The average Bonchev–Trinajstić information content (AvgIpc) is 2.27. The minimum atomic E-state index is 0.843. The van der Waals surface area contributed by atoms with E-state index in [1.165, 1.54) is 5.56 Å². The molecule has 0 aliphatic heterocycles. The monoisotopic (exact) mass is 219 g/mol. The van der Waals surface area contributed by atoms with Gasteiger partial charge in [0, 0.05) is 31.4 Å². The number of anilines is 1. The third-order valence-electron chi connectivity index (χ3n) is 2.38. The van der Waals surface area contributed by atoms with Crippen LogP contribution in [0.1, 0.15) is 19.4 Å². The van der Waals surface area contributed by atoms with E-state index in [1.54, 1.807) is 0 Å². The molecular weight excluding hydrogens is 198 g/mol. The lowest BCUT2D eigenvalue weighted by atomic mass is 10.2. The second-order valence-corrected chi connectivity index (χ2v) is 3.99. The molecule has 16 heavy (non-hydrogen) atoms. The van der Waals surface area contributed by atoms with E-state index < -0.39 is 0 Å². The molecule has 0 bridgehead atoms. The van der Waals surface area contributed by atoms with Crippen molar-refractivity contribution in [3.63, 3.8) is 0 Å². The van der Waals surface area contributed by atoms with Crippen LogP contribution in [0.15, 0.2) is 30.5 Å². The van der Waals surface area contributed by atoms with Crippen LogP contribution in [-0.4, -0.2) is 25.1 Å². The molecule has 0 aliphatic carbocycles. The van der Waals surface area contributed by atoms with Crippen LogP contribution in [-0.2, 0) is 6.54 Å². The molecule has 0 amide bonds. The summed E-state index contributed by atoms with van der Waals surface area (Å²) in [6, 6.07) is 4.09. The van der Waals surface area contributed by atoms with E-state index >= 15 is 0 Å². The molecule has 1 aromatic rings. The number of rotatable bonds is 6. The first-order chi connectivity index (χ1) is 7.69. The molecule has 1 aromatic heterocycles. The van der Waals surface area contributed by atoms with Crippen LogP contribution in [0.25, 0.3) is 0 Å². The maximum atomic E-state index is 4.47. The fraction of sp³-hybridized carbons (Fsp3) is 0.462. The maximum absolute atomic E-state index is 4.47. The lowest BCUT2D eigenvalue weighted by Crippen LogP contribution is -2.27. The van der Waals surface area contributed by atoms with Gasteiger partial charge in [0.25, 0.3) is 0 Å². The van der Waals surface area contributed by atoms with E-state index in [1.807, 2.05) is 26.2 Å². The Morgan fingerprint density at radius 2 is 2.31 bits per heavy atom. The third kappa shape index (κ3) is 3.35. The van der Waals surface area contributed by atoms with Gasteiger partial charge in [0.2, 0.25) is 0 Å². The van der Waals surface area contributed by atoms with Gasteiger partial charge in [-0.15, -0.1) is 0 Å². The minimum Gasteiger partial charge on any atom is -0.353 e. The Morgan fingerprint density at radius 1 is 1.56 bits per heavy atom. The molecule has 88 valence electrons. The molecule has 0 unspecified atom stereocenters. The molecule has 0 radical (unpaired) electrons. The molecule has 3 nitrogen and oxygen atoms in total. The van der Waals surface area contributed by atoms with Crippen LogP contribution in [0.2, 0.25) is 0 Å². The third-order valence-corrected chi connectivity index (χ3v) is 2.38. The van der Waals surface area contributed by atoms with Gasteiger partial charge in [-0.25, -0.2) is 4.98 Å². The fourth-order valence-electron chi connectivity index (χ4n) is 1.71. The van der Waals surface area contributed by atoms with Gasteiger partial charge in [-0.1, -0.05) is 18.2 Å². The Labute approximate surface area is 98.2 Å². The predicted octanol–water partition coefficient (Wildman–Crippen LogP) is 2.20. The van der Waals surface area contributed by atoms with Crippen molar-refractivity contribution in [1.82, 2.24) is 10.3 Å². The minimum absolute atomic E-state index is 0.843. The summed E-state index contributed by atoms with van der Waals surface area (Å²) in [7, 11) is 1.95. The molecule has 0 aromatic carbocycles. The lowest BCUT2D eigenvalue weighted by molar-refractivity contribution is 0.787. The zero-order chi connectivity index (χ0) is 12.0. The molecule has 0 atom stereocenters. The van der Waals surface area contributed by atoms with Crippen molar-refractivity contribution in [2.24, 2.45) is 0 Å². The van der Waals surface area contributed by atoms with Gasteiger partial charge in [-0.05, 0) is 27.0 Å². The molecule has 0 spiro atoms. The van der Waals surface area contributed by atoms with Crippen molar-refractivity contribution in [2.75, 3.05) is 25.0 Å². The SMILES string of the molecule is C=C(C)CN(CC)c1ncccc1CNC. The quantitative estimate of drug-likeness (QED) is 0.743. The van der Waals surface area contributed by atoms with Crippen LogP contribution >= 0.6 is 0 Å². The Hall–Kier alpha value is -1.35. The largest absolute Gasteiger partial charge is 0.353 e. The fourth-order valence-corrected chi connectivity index (χ4v) is 1.71. The average molecular weight is 219 g/mol. The molecule has 1 rings (SSSR count). The van der Waals surface area contributed by atoms with Crippen molar-refractivity contribution >= 4 is 5.82 Å². The Morgan fingerprint density at radius 3 is 2.88 bits per heavy atom. The molecular formula is C13H21N3. The number of nitrogens with zero attached hydrogens (tertiary/aromatic N) is 2. The number of hydrogen-bond acceptors (Lipinski definition) is 3. The number of hydrogen-bond donors (Lipinski definition) is 1. The molecule has 0 fully saturated rings.